The summed E-state index contributed by atoms with van der Waals surface area (Å²) in [5.74, 6) is -0.778. The lowest BCUT2D eigenvalue weighted by Crippen LogP contribution is -2.45. The first-order valence-electron chi connectivity index (χ1n) is 10.0. The second kappa shape index (κ2) is 9.26. The van der Waals surface area contributed by atoms with Gasteiger partial charge in [-0.2, -0.15) is 0 Å². The van der Waals surface area contributed by atoms with Gasteiger partial charge in [-0.1, -0.05) is 31.0 Å². The molecule has 156 valence electrons. The van der Waals surface area contributed by atoms with E-state index in [9.17, 15) is 14.0 Å². The van der Waals surface area contributed by atoms with Gasteiger partial charge >= 0.3 is 0 Å². The maximum Gasteiger partial charge on any atom is 0.290 e. The van der Waals surface area contributed by atoms with Crippen molar-refractivity contribution in [3.05, 3.63) is 82.2 Å². The predicted octanol–water partition coefficient (Wildman–Crippen LogP) is 4.92. The fraction of sp³-hybridized carbons (Fsp3) is 0.304. The highest BCUT2D eigenvalue weighted by Crippen LogP contribution is 2.30. The third kappa shape index (κ3) is 4.62. The Labute approximate surface area is 178 Å². The van der Waals surface area contributed by atoms with E-state index in [1.807, 2.05) is 17.5 Å². The molecule has 2 heterocycles. The maximum absolute atomic E-state index is 13.4. The number of thiophene rings is 1. The number of benzene rings is 1. The normalized spacial score (nSPS) is 15.1. The molecule has 0 spiro atoms. The Balaban J connectivity index is 1.68. The maximum atomic E-state index is 13.4. The number of furan rings is 1. The molecule has 2 amide bonds. The van der Waals surface area contributed by atoms with Crippen LogP contribution in [0.1, 0.15) is 52.7 Å². The van der Waals surface area contributed by atoms with E-state index in [-0.39, 0.29) is 36.0 Å². The molecule has 1 N–H and O–H groups in total. The number of hydrogen-bond donors (Lipinski definition) is 1. The average Bonchev–Trinajstić information content (AvgIpc) is 3.52. The first-order valence-corrected chi connectivity index (χ1v) is 10.9. The Morgan fingerprint density at radius 2 is 1.90 bits per heavy atom. The summed E-state index contributed by atoms with van der Waals surface area (Å²) >= 11 is 1.43. The van der Waals surface area contributed by atoms with E-state index in [1.54, 1.807) is 24.3 Å². The number of nitrogens with one attached hydrogen (secondary N) is 1. The topological polar surface area (TPSA) is 62.6 Å². The van der Waals surface area contributed by atoms with Gasteiger partial charge in [0.15, 0.2) is 5.76 Å². The van der Waals surface area contributed by atoms with E-state index >= 15 is 0 Å². The van der Waals surface area contributed by atoms with Crippen LogP contribution in [0.15, 0.2) is 64.6 Å². The Morgan fingerprint density at radius 3 is 2.53 bits per heavy atom. The first-order chi connectivity index (χ1) is 14.6. The Morgan fingerprint density at radius 1 is 1.13 bits per heavy atom. The van der Waals surface area contributed by atoms with Crippen LogP contribution >= 0.6 is 11.3 Å². The summed E-state index contributed by atoms with van der Waals surface area (Å²) in [5.41, 5.74) is 0.728. The van der Waals surface area contributed by atoms with E-state index in [0.717, 1.165) is 36.1 Å². The molecule has 5 nitrogen and oxygen atoms in total. The second-order valence-corrected chi connectivity index (χ2v) is 8.42. The molecule has 0 saturated heterocycles. The summed E-state index contributed by atoms with van der Waals surface area (Å²) < 4.78 is 18.7. The zero-order valence-corrected chi connectivity index (χ0v) is 17.2. The van der Waals surface area contributed by atoms with Crippen molar-refractivity contribution in [1.29, 1.82) is 0 Å². The van der Waals surface area contributed by atoms with Crippen molar-refractivity contribution in [2.24, 2.45) is 0 Å². The Kier molecular flexibility index (Phi) is 6.28. The summed E-state index contributed by atoms with van der Waals surface area (Å²) in [6.07, 6.45) is 5.53. The zero-order chi connectivity index (χ0) is 20.9. The van der Waals surface area contributed by atoms with Gasteiger partial charge in [-0.3, -0.25) is 9.59 Å². The van der Waals surface area contributed by atoms with E-state index in [4.69, 9.17) is 4.42 Å². The highest BCUT2D eigenvalue weighted by molar-refractivity contribution is 7.10. The van der Waals surface area contributed by atoms with Crippen LogP contribution in [0.2, 0.25) is 0 Å². The molecule has 3 aromatic rings. The van der Waals surface area contributed by atoms with Crippen molar-refractivity contribution in [2.75, 3.05) is 0 Å². The highest BCUT2D eigenvalue weighted by Gasteiger charge is 2.35. The van der Waals surface area contributed by atoms with Gasteiger partial charge in [-0.15, -0.1) is 11.3 Å². The number of nitrogens with zero attached hydrogens (tertiary/aromatic N) is 1. The smallest absolute Gasteiger partial charge is 0.290 e. The molecular formula is C23H23FN2O3S. The minimum absolute atomic E-state index is 0.131. The van der Waals surface area contributed by atoms with Crippen molar-refractivity contribution in [1.82, 2.24) is 10.2 Å². The number of carbonyl (C=O) groups excluding carboxylic acids is 2. The van der Waals surface area contributed by atoms with Gasteiger partial charge in [0.25, 0.3) is 5.91 Å². The van der Waals surface area contributed by atoms with Gasteiger partial charge in [0.05, 0.1) is 6.26 Å². The standard InChI is InChI=1S/C23H23FN2O3S/c24-17-11-9-16(10-12-17)15-26(23(28)19-7-3-13-29-19)21(20-8-4-14-30-20)22(27)25-18-5-1-2-6-18/h3-4,7-14,18,21H,1-2,5-6,15H2,(H,25,27). The Bertz CT molecular complexity index is 965. The van der Waals surface area contributed by atoms with Crippen LogP contribution < -0.4 is 5.32 Å². The van der Waals surface area contributed by atoms with Gasteiger partial charge < -0.3 is 14.6 Å². The fourth-order valence-electron chi connectivity index (χ4n) is 3.83. The molecule has 7 heteroatoms. The number of amides is 2. The van der Waals surface area contributed by atoms with Crippen LogP contribution in [0.5, 0.6) is 0 Å². The summed E-state index contributed by atoms with van der Waals surface area (Å²) in [6, 6.07) is 12.2. The predicted molar refractivity (Wildman–Crippen MR) is 112 cm³/mol. The highest BCUT2D eigenvalue weighted by atomic mass is 32.1. The van der Waals surface area contributed by atoms with E-state index in [2.05, 4.69) is 5.32 Å². The van der Waals surface area contributed by atoms with Gasteiger partial charge in [-0.05, 0) is 54.1 Å². The van der Waals surface area contributed by atoms with Crippen molar-refractivity contribution in [2.45, 2.75) is 44.3 Å². The number of halogens is 1. The minimum Gasteiger partial charge on any atom is -0.459 e. The van der Waals surface area contributed by atoms with Gasteiger partial charge in [0.2, 0.25) is 5.91 Å². The van der Waals surface area contributed by atoms with Gasteiger partial charge in [-0.25, -0.2) is 4.39 Å². The molecule has 4 rings (SSSR count). The zero-order valence-electron chi connectivity index (χ0n) is 16.4. The first kappa shape index (κ1) is 20.3. The summed E-state index contributed by atoms with van der Waals surface area (Å²) in [5, 5.41) is 5.01. The third-order valence-corrected chi connectivity index (χ3v) is 6.26. The van der Waals surface area contributed by atoms with Crippen LogP contribution in [0.25, 0.3) is 0 Å². The third-order valence-electron chi connectivity index (χ3n) is 5.33. The van der Waals surface area contributed by atoms with Crippen LogP contribution in [0.4, 0.5) is 4.39 Å². The largest absolute Gasteiger partial charge is 0.459 e. The van der Waals surface area contributed by atoms with Crippen molar-refractivity contribution >= 4 is 23.2 Å². The minimum atomic E-state index is -0.798. The lowest BCUT2D eigenvalue weighted by Gasteiger charge is -2.31. The molecule has 0 aliphatic heterocycles. The Hall–Kier alpha value is -2.93. The van der Waals surface area contributed by atoms with Gasteiger partial charge in [0, 0.05) is 17.5 Å². The summed E-state index contributed by atoms with van der Waals surface area (Å²) in [6.45, 7) is 0.153. The van der Waals surface area contributed by atoms with Crippen molar-refractivity contribution in [3.63, 3.8) is 0 Å². The molecular weight excluding hydrogens is 403 g/mol. The van der Waals surface area contributed by atoms with Crippen molar-refractivity contribution in [3.8, 4) is 0 Å². The molecule has 1 aliphatic rings. The SMILES string of the molecule is O=C(NC1CCCC1)C(c1cccs1)N(Cc1ccc(F)cc1)C(=O)c1ccco1. The summed E-state index contributed by atoms with van der Waals surface area (Å²) in [4.78, 5) is 29.0. The molecule has 1 aromatic carbocycles. The fourth-order valence-corrected chi connectivity index (χ4v) is 4.66. The van der Waals surface area contributed by atoms with E-state index in [1.165, 1.54) is 34.6 Å². The van der Waals surface area contributed by atoms with E-state index < -0.39 is 6.04 Å². The molecule has 30 heavy (non-hydrogen) atoms. The van der Waals surface area contributed by atoms with Crippen LogP contribution in [-0.2, 0) is 11.3 Å². The quantitative estimate of drug-likeness (QED) is 0.583. The molecule has 1 atom stereocenters. The number of carbonyl (C=O) groups is 2. The molecule has 1 aliphatic carbocycles. The van der Waals surface area contributed by atoms with Crippen LogP contribution in [0, 0.1) is 5.82 Å². The van der Waals surface area contributed by atoms with Crippen LogP contribution in [0.3, 0.4) is 0 Å². The second-order valence-electron chi connectivity index (χ2n) is 7.44. The molecule has 1 fully saturated rings. The molecule has 1 unspecified atom stereocenters. The monoisotopic (exact) mass is 426 g/mol. The molecule has 2 aromatic heterocycles. The number of hydrogen-bond acceptors (Lipinski definition) is 4. The number of rotatable bonds is 7. The molecule has 0 bridgehead atoms. The van der Waals surface area contributed by atoms with Crippen LogP contribution in [-0.4, -0.2) is 22.8 Å². The average molecular weight is 427 g/mol. The lowest BCUT2D eigenvalue weighted by atomic mass is 10.1. The van der Waals surface area contributed by atoms with Gasteiger partial charge in [0.1, 0.15) is 11.9 Å². The van der Waals surface area contributed by atoms with E-state index in [0.29, 0.717) is 0 Å². The molecule has 0 radical (unpaired) electrons. The summed E-state index contributed by atoms with van der Waals surface area (Å²) in [7, 11) is 0. The lowest BCUT2D eigenvalue weighted by molar-refractivity contribution is -0.126. The molecule has 1 saturated carbocycles. The van der Waals surface area contributed by atoms with Crippen molar-refractivity contribution < 1.29 is 18.4 Å².